The summed E-state index contributed by atoms with van der Waals surface area (Å²) in [6.07, 6.45) is -4.42. The minimum absolute atomic E-state index is 0.0789. The number of urea groups is 1. The van der Waals surface area contributed by atoms with Gasteiger partial charge in [-0.15, -0.1) is 11.3 Å². The average molecular weight is 726 g/mol. The van der Waals surface area contributed by atoms with Crippen molar-refractivity contribution in [3.63, 3.8) is 0 Å². The Labute approximate surface area is 293 Å². The summed E-state index contributed by atoms with van der Waals surface area (Å²) in [5.41, 5.74) is -0.0278. The number of fused-ring (bicyclic) bond motifs is 1. The van der Waals surface area contributed by atoms with Crippen LogP contribution in [0.2, 0.25) is 5.02 Å². The molecule has 4 aliphatic rings. The minimum atomic E-state index is -4.69. The lowest BCUT2D eigenvalue weighted by Gasteiger charge is -2.42. The molecule has 16 heteroatoms. The van der Waals surface area contributed by atoms with Crippen molar-refractivity contribution in [1.82, 2.24) is 24.5 Å². The second-order valence-corrected chi connectivity index (χ2v) is 14.6. The molecule has 0 radical (unpaired) electrons. The standard InChI is InChI=1S/C33H43ClF3N7O4S/c1-38-28-25(33(35,36)37)17-21(18-26(28)34)19-27(30(45)42-8-3-23(4-9-42)41-14-12-40(2)13-15-41)48-32(47)43-10-5-24(6-11-43)44-20-22-7-16-49-29(22)39-31(44)46/h7,16-18,23-24,27,38H,3-6,8-15,19-20H2,1-2H3,(H,39,46)/t27-/m1/s1. The van der Waals surface area contributed by atoms with Gasteiger partial charge in [-0.05, 0) is 61.9 Å². The van der Waals surface area contributed by atoms with E-state index in [1.807, 2.05) is 11.4 Å². The van der Waals surface area contributed by atoms with Crippen molar-refractivity contribution in [2.45, 2.75) is 63.0 Å². The van der Waals surface area contributed by atoms with E-state index in [-0.39, 0.29) is 34.8 Å². The molecule has 6 rings (SSSR count). The van der Waals surface area contributed by atoms with Gasteiger partial charge in [-0.2, -0.15) is 13.2 Å². The van der Waals surface area contributed by atoms with Gasteiger partial charge in [-0.3, -0.25) is 15.0 Å². The third-order valence-electron chi connectivity index (χ3n) is 10.2. The average Bonchev–Trinajstić information content (AvgIpc) is 3.54. The van der Waals surface area contributed by atoms with Crippen molar-refractivity contribution >= 4 is 51.7 Å². The molecule has 1 aromatic heterocycles. The molecular formula is C33H43ClF3N7O4S. The van der Waals surface area contributed by atoms with Crippen molar-refractivity contribution in [2.75, 3.05) is 77.1 Å². The summed E-state index contributed by atoms with van der Waals surface area (Å²) in [4.78, 5) is 50.0. The van der Waals surface area contributed by atoms with E-state index >= 15 is 0 Å². The molecule has 4 aliphatic heterocycles. The number of nitrogens with zero attached hydrogens (tertiary/aromatic N) is 5. The first-order valence-corrected chi connectivity index (χ1v) is 18.0. The zero-order chi connectivity index (χ0) is 34.9. The molecule has 2 N–H and O–H groups in total. The fourth-order valence-corrected chi connectivity index (χ4v) is 8.47. The fourth-order valence-electron chi connectivity index (χ4n) is 7.34. The highest BCUT2D eigenvalue weighted by atomic mass is 35.5. The summed E-state index contributed by atoms with van der Waals surface area (Å²) in [5, 5.41) is 8.09. The van der Waals surface area contributed by atoms with Crippen LogP contribution in [0.1, 0.15) is 42.4 Å². The van der Waals surface area contributed by atoms with Gasteiger partial charge in [-0.25, -0.2) is 9.59 Å². The van der Waals surface area contributed by atoms with Gasteiger partial charge in [0.1, 0.15) is 5.00 Å². The number of rotatable bonds is 7. The summed E-state index contributed by atoms with van der Waals surface area (Å²) in [7, 11) is 3.46. The summed E-state index contributed by atoms with van der Waals surface area (Å²) >= 11 is 7.76. The molecule has 49 heavy (non-hydrogen) atoms. The van der Waals surface area contributed by atoms with Crippen LogP contribution in [-0.4, -0.2) is 127 Å². The molecule has 3 saturated heterocycles. The Bertz CT molecular complexity index is 1520. The van der Waals surface area contributed by atoms with Gasteiger partial charge in [0.2, 0.25) is 0 Å². The van der Waals surface area contributed by atoms with Crippen LogP contribution >= 0.6 is 22.9 Å². The zero-order valence-corrected chi connectivity index (χ0v) is 29.3. The number of piperazine rings is 1. The highest BCUT2D eigenvalue weighted by Gasteiger charge is 2.39. The molecule has 5 heterocycles. The largest absolute Gasteiger partial charge is 0.436 e. The van der Waals surface area contributed by atoms with Gasteiger partial charge in [0.15, 0.2) is 6.10 Å². The SMILES string of the molecule is CNc1c(Cl)cc(C[C@@H](OC(=O)N2CCC(N3Cc4ccsc4NC3=O)CC2)C(=O)N2CCC(N3CCN(C)CC3)CC2)cc1C(F)(F)F. The van der Waals surface area contributed by atoms with Crippen LogP contribution in [0.5, 0.6) is 0 Å². The van der Waals surface area contributed by atoms with Crippen LogP contribution < -0.4 is 10.6 Å². The van der Waals surface area contributed by atoms with Crippen LogP contribution in [0, 0.1) is 0 Å². The Morgan fingerprint density at radius 3 is 2.33 bits per heavy atom. The quantitative estimate of drug-likeness (QED) is 0.402. The third kappa shape index (κ3) is 8.05. The van der Waals surface area contributed by atoms with E-state index in [1.165, 1.54) is 29.4 Å². The van der Waals surface area contributed by atoms with E-state index in [0.717, 1.165) is 55.7 Å². The lowest BCUT2D eigenvalue weighted by atomic mass is 9.99. The minimum Gasteiger partial charge on any atom is -0.436 e. The zero-order valence-electron chi connectivity index (χ0n) is 27.7. The van der Waals surface area contributed by atoms with Crippen LogP contribution in [-0.2, 0) is 28.7 Å². The number of halogens is 4. The second-order valence-electron chi connectivity index (χ2n) is 13.3. The number of hydrogen-bond donors (Lipinski definition) is 2. The summed E-state index contributed by atoms with van der Waals surface area (Å²) < 4.78 is 47.9. The second kappa shape index (κ2) is 14.9. The number of carbonyl (C=O) groups is 3. The predicted molar refractivity (Wildman–Crippen MR) is 182 cm³/mol. The summed E-state index contributed by atoms with van der Waals surface area (Å²) in [5.74, 6) is -0.431. The molecule has 1 atom stereocenters. The lowest BCUT2D eigenvalue weighted by Crippen LogP contribution is -2.54. The van der Waals surface area contributed by atoms with E-state index in [9.17, 15) is 27.6 Å². The number of piperidine rings is 2. The van der Waals surface area contributed by atoms with Crippen molar-refractivity contribution < 1.29 is 32.3 Å². The molecular weight excluding hydrogens is 683 g/mol. The third-order valence-corrected chi connectivity index (χ3v) is 11.4. The van der Waals surface area contributed by atoms with E-state index in [1.54, 1.807) is 9.80 Å². The number of amides is 4. The highest BCUT2D eigenvalue weighted by molar-refractivity contribution is 7.14. The maximum atomic E-state index is 14.0. The maximum Gasteiger partial charge on any atom is 0.418 e. The van der Waals surface area contributed by atoms with E-state index in [0.29, 0.717) is 51.6 Å². The maximum absolute atomic E-state index is 14.0. The highest BCUT2D eigenvalue weighted by Crippen LogP contribution is 2.40. The molecule has 0 unspecified atom stereocenters. The molecule has 3 fully saturated rings. The van der Waals surface area contributed by atoms with Crippen LogP contribution in [0.3, 0.4) is 0 Å². The number of benzene rings is 1. The number of anilines is 2. The molecule has 0 saturated carbocycles. The summed E-state index contributed by atoms with van der Waals surface area (Å²) in [6.45, 7) is 5.95. The van der Waals surface area contributed by atoms with Crippen molar-refractivity contribution in [1.29, 1.82) is 0 Å². The monoisotopic (exact) mass is 725 g/mol. The van der Waals surface area contributed by atoms with Gasteiger partial charge in [0.25, 0.3) is 5.91 Å². The number of nitrogens with one attached hydrogen (secondary N) is 2. The molecule has 2 aromatic rings. The fraction of sp³-hybridized carbons (Fsp3) is 0.606. The number of carbonyl (C=O) groups excluding carboxylic acids is 3. The number of likely N-dealkylation sites (N-methyl/N-ethyl adjacent to an activating group) is 1. The number of thiophene rings is 1. The number of hydrogen-bond acceptors (Lipinski definition) is 8. The van der Waals surface area contributed by atoms with Crippen molar-refractivity contribution in [3.8, 4) is 0 Å². The first kappa shape index (κ1) is 35.6. The van der Waals surface area contributed by atoms with Crippen molar-refractivity contribution in [2.24, 2.45) is 0 Å². The number of alkyl halides is 3. The topological polar surface area (TPSA) is 101 Å². The Morgan fingerprint density at radius 1 is 1.02 bits per heavy atom. The van der Waals surface area contributed by atoms with E-state index < -0.39 is 29.8 Å². The Kier molecular flexibility index (Phi) is 10.8. The Hall–Kier alpha value is -3.27. The first-order valence-electron chi connectivity index (χ1n) is 16.8. The van der Waals surface area contributed by atoms with Crippen LogP contribution in [0.15, 0.2) is 23.6 Å². The molecule has 0 bridgehead atoms. The molecule has 11 nitrogen and oxygen atoms in total. The van der Waals surface area contributed by atoms with E-state index in [2.05, 4.69) is 27.5 Å². The normalized spacial score (nSPS) is 20.9. The van der Waals surface area contributed by atoms with Gasteiger partial charge < -0.3 is 29.7 Å². The van der Waals surface area contributed by atoms with E-state index in [4.69, 9.17) is 16.3 Å². The molecule has 268 valence electrons. The number of ether oxygens (including phenoxy) is 1. The van der Waals surface area contributed by atoms with Crippen LogP contribution in [0.4, 0.5) is 33.4 Å². The van der Waals surface area contributed by atoms with Gasteiger partial charge in [0.05, 0.1) is 22.8 Å². The molecule has 0 aliphatic carbocycles. The lowest BCUT2D eigenvalue weighted by molar-refractivity contribution is -0.142. The Balaban J connectivity index is 1.14. The Morgan fingerprint density at radius 2 is 1.67 bits per heavy atom. The smallest absolute Gasteiger partial charge is 0.418 e. The molecule has 0 spiro atoms. The first-order chi connectivity index (χ1) is 23.4. The van der Waals surface area contributed by atoms with Gasteiger partial charge in [-0.1, -0.05) is 11.6 Å². The number of likely N-dealkylation sites (tertiary alicyclic amines) is 2. The van der Waals surface area contributed by atoms with Gasteiger partial charge in [0, 0.05) is 83.5 Å². The van der Waals surface area contributed by atoms with Crippen molar-refractivity contribution in [3.05, 3.63) is 45.3 Å². The predicted octanol–water partition coefficient (Wildman–Crippen LogP) is 5.26. The summed E-state index contributed by atoms with van der Waals surface area (Å²) in [6, 6.07) is 4.42. The molecule has 1 aromatic carbocycles. The van der Waals surface area contributed by atoms with Crippen LogP contribution in [0.25, 0.3) is 0 Å². The van der Waals surface area contributed by atoms with Gasteiger partial charge >= 0.3 is 18.3 Å². The molecule has 4 amide bonds.